The fraction of sp³-hybridized carbons (Fsp3) is 0.750. The van der Waals surface area contributed by atoms with Crippen LogP contribution in [0.3, 0.4) is 0 Å². The number of likely N-dealkylation sites (N-methyl/N-ethyl adjacent to an activating group) is 1. The number of carbonyl (C=O) groups is 1. The summed E-state index contributed by atoms with van der Waals surface area (Å²) in [6.07, 6.45) is 1.15. The lowest BCUT2D eigenvalue weighted by Crippen LogP contribution is -2.32. The van der Waals surface area contributed by atoms with E-state index in [2.05, 4.69) is 23.4 Å². The minimum Gasteiger partial charge on any atom is -0.463 e. The SMILES string of the molecule is C=C(CN1CCCN(C)CC1)C(=O)OCC. The Hall–Kier alpha value is -0.870. The van der Waals surface area contributed by atoms with E-state index >= 15 is 0 Å². The van der Waals surface area contributed by atoms with Crippen molar-refractivity contribution in [2.45, 2.75) is 13.3 Å². The molecule has 1 rings (SSSR count). The van der Waals surface area contributed by atoms with E-state index in [9.17, 15) is 4.79 Å². The van der Waals surface area contributed by atoms with Crippen molar-refractivity contribution in [1.82, 2.24) is 9.80 Å². The van der Waals surface area contributed by atoms with Crippen molar-refractivity contribution in [3.8, 4) is 0 Å². The highest BCUT2D eigenvalue weighted by atomic mass is 16.5. The molecule has 1 aliphatic rings. The van der Waals surface area contributed by atoms with Gasteiger partial charge in [0.15, 0.2) is 0 Å². The monoisotopic (exact) mass is 226 g/mol. The molecule has 0 unspecified atom stereocenters. The number of ether oxygens (including phenoxy) is 1. The quantitative estimate of drug-likeness (QED) is 0.523. The Labute approximate surface area is 97.9 Å². The van der Waals surface area contributed by atoms with Crippen LogP contribution < -0.4 is 0 Å². The molecule has 0 spiro atoms. The molecule has 0 bridgehead atoms. The molecule has 0 atom stereocenters. The van der Waals surface area contributed by atoms with Crippen LogP contribution in [0, 0.1) is 0 Å². The molecule has 1 heterocycles. The smallest absolute Gasteiger partial charge is 0.334 e. The van der Waals surface area contributed by atoms with Crippen LogP contribution in [0.2, 0.25) is 0 Å². The second-order valence-electron chi connectivity index (χ2n) is 4.26. The summed E-state index contributed by atoms with van der Waals surface area (Å²) in [6.45, 7) is 10.9. The summed E-state index contributed by atoms with van der Waals surface area (Å²) in [5, 5.41) is 0. The molecule has 1 saturated heterocycles. The maximum atomic E-state index is 11.4. The van der Waals surface area contributed by atoms with E-state index in [1.807, 2.05) is 6.92 Å². The molecule has 1 fully saturated rings. The van der Waals surface area contributed by atoms with Gasteiger partial charge in [0, 0.05) is 25.2 Å². The van der Waals surface area contributed by atoms with Gasteiger partial charge in [-0.3, -0.25) is 4.90 Å². The molecule has 16 heavy (non-hydrogen) atoms. The third kappa shape index (κ3) is 4.33. The Kier molecular flexibility index (Phi) is 5.49. The van der Waals surface area contributed by atoms with E-state index in [-0.39, 0.29) is 5.97 Å². The first kappa shape index (κ1) is 13.2. The maximum absolute atomic E-state index is 11.4. The molecule has 0 aromatic carbocycles. The molecule has 4 nitrogen and oxygen atoms in total. The van der Waals surface area contributed by atoms with Crippen LogP contribution in [0.5, 0.6) is 0 Å². The normalized spacial score (nSPS) is 19.1. The summed E-state index contributed by atoms with van der Waals surface area (Å²) in [7, 11) is 2.13. The van der Waals surface area contributed by atoms with Gasteiger partial charge in [-0.2, -0.15) is 0 Å². The molecule has 1 aliphatic heterocycles. The van der Waals surface area contributed by atoms with Gasteiger partial charge in [-0.05, 0) is 33.5 Å². The fourth-order valence-corrected chi connectivity index (χ4v) is 1.83. The van der Waals surface area contributed by atoms with Crippen LogP contribution in [0.25, 0.3) is 0 Å². The first-order valence-corrected chi connectivity index (χ1v) is 5.89. The Morgan fingerprint density at radius 2 is 2.06 bits per heavy atom. The zero-order valence-electron chi connectivity index (χ0n) is 10.4. The molecule has 0 aromatic rings. The molecule has 0 saturated carbocycles. The first-order valence-electron chi connectivity index (χ1n) is 5.89. The minimum absolute atomic E-state index is 0.264. The van der Waals surface area contributed by atoms with Gasteiger partial charge in [0.1, 0.15) is 0 Å². The molecule has 0 amide bonds. The topological polar surface area (TPSA) is 32.8 Å². The predicted octanol–water partition coefficient (Wildman–Crippen LogP) is 0.743. The van der Waals surface area contributed by atoms with Gasteiger partial charge in [0.2, 0.25) is 0 Å². The highest BCUT2D eigenvalue weighted by Gasteiger charge is 2.16. The summed E-state index contributed by atoms with van der Waals surface area (Å²) in [5.74, 6) is -0.264. The Morgan fingerprint density at radius 3 is 2.75 bits per heavy atom. The highest BCUT2D eigenvalue weighted by molar-refractivity contribution is 5.88. The van der Waals surface area contributed by atoms with E-state index in [0.29, 0.717) is 18.7 Å². The van der Waals surface area contributed by atoms with Crippen molar-refractivity contribution in [2.75, 3.05) is 46.4 Å². The molecular formula is C12H22N2O2. The third-order valence-electron chi connectivity index (χ3n) is 2.79. The second-order valence-corrected chi connectivity index (χ2v) is 4.26. The molecule has 92 valence electrons. The van der Waals surface area contributed by atoms with Crippen molar-refractivity contribution >= 4 is 5.97 Å². The van der Waals surface area contributed by atoms with E-state index in [4.69, 9.17) is 4.74 Å². The number of rotatable bonds is 4. The Bertz CT molecular complexity index is 253. The van der Waals surface area contributed by atoms with Gasteiger partial charge < -0.3 is 9.64 Å². The van der Waals surface area contributed by atoms with Gasteiger partial charge in [-0.25, -0.2) is 4.79 Å². The van der Waals surface area contributed by atoms with Crippen LogP contribution in [0.1, 0.15) is 13.3 Å². The lowest BCUT2D eigenvalue weighted by Gasteiger charge is -2.20. The third-order valence-corrected chi connectivity index (χ3v) is 2.79. The molecular weight excluding hydrogens is 204 g/mol. The van der Waals surface area contributed by atoms with Crippen LogP contribution in [0.4, 0.5) is 0 Å². The standard InChI is InChI=1S/C12H22N2O2/c1-4-16-12(15)11(2)10-14-7-5-6-13(3)8-9-14/h2,4-10H2,1,3H3. The summed E-state index contributed by atoms with van der Waals surface area (Å²) in [4.78, 5) is 16.0. The van der Waals surface area contributed by atoms with Crippen molar-refractivity contribution in [3.63, 3.8) is 0 Å². The van der Waals surface area contributed by atoms with E-state index < -0.39 is 0 Å². The Balaban J connectivity index is 2.35. The summed E-state index contributed by atoms with van der Waals surface area (Å²) in [5.41, 5.74) is 0.561. The van der Waals surface area contributed by atoms with E-state index in [0.717, 1.165) is 32.6 Å². The van der Waals surface area contributed by atoms with Gasteiger partial charge in [0.05, 0.1) is 6.61 Å². The van der Waals surface area contributed by atoms with Crippen LogP contribution in [-0.2, 0) is 9.53 Å². The predicted molar refractivity (Wildman–Crippen MR) is 64.3 cm³/mol. The highest BCUT2D eigenvalue weighted by Crippen LogP contribution is 2.05. The second kappa shape index (κ2) is 6.66. The van der Waals surface area contributed by atoms with Gasteiger partial charge in [-0.15, -0.1) is 0 Å². The zero-order valence-corrected chi connectivity index (χ0v) is 10.4. The van der Waals surface area contributed by atoms with Crippen molar-refractivity contribution in [3.05, 3.63) is 12.2 Å². The lowest BCUT2D eigenvalue weighted by molar-refractivity contribution is -0.138. The average molecular weight is 226 g/mol. The minimum atomic E-state index is -0.264. The molecule has 0 radical (unpaired) electrons. The number of esters is 1. The summed E-state index contributed by atoms with van der Waals surface area (Å²) < 4.78 is 4.92. The number of nitrogens with zero attached hydrogens (tertiary/aromatic N) is 2. The van der Waals surface area contributed by atoms with Crippen molar-refractivity contribution in [2.24, 2.45) is 0 Å². The average Bonchev–Trinajstić information content (AvgIpc) is 2.44. The van der Waals surface area contributed by atoms with E-state index in [1.165, 1.54) is 0 Å². The van der Waals surface area contributed by atoms with Crippen molar-refractivity contribution in [1.29, 1.82) is 0 Å². The number of hydrogen-bond donors (Lipinski definition) is 0. The molecule has 0 N–H and O–H groups in total. The molecule has 4 heteroatoms. The maximum Gasteiger partial charge on any atom is 0.334 e. The van der Waals surface area contributed by atoms with Crippen LogP contribution in [-0.4, -0.2) is 62.1 Å². The Morgan fingerprint density at radius 1 is 1.31 bits per heavy atom. The fourth-order valence-electron chi connectivity index (χ4n) is 1.83. The zero-order chi connectivity index (χ0) is 12.0. The number of hydrogen-bond acceptors (Lipinski definition) is 4. The van der Waals surface area contributed by atoms with Crippen LogP contribution >= 0.6 is 0 Å². The van der Waals surface area contributed by atoms with E-state index in [1.54, 1.807) is 0 Å². The lowest BCUT2D eigenvalue weighted by atomic mass is 10.2. The molecule has 0 aromatic heterocycles. The van der Waals surface area contributed by atoms with Gasteiger partial charge in [0.25, 0.3) is 0 Å². The summed E-state index contributed by atoms with van der Waals surface area (Å²) >= 11 is 0. The van der Waals surface area contributed by atoms with Crippen molar-refractivity contribution < 1.29 is 9.53 Å². The summed E-state index contributed by atoms with van der Waals surface area (Å²) in [6, 6.07) is 0. The van der Waals surface area contributed by atoms with Gasteiger partial charge in [-0.1, -0.05) is 6.58 Å². The number of carbonyl (C=O) groups excluding carboxylic acids is 1. The first-order chi connectivity index (χ1) is 7.63. The molecule has 0 aliphatic carbocycles. The van der Waals surface area contributed by atoms with Crippen LogP contribution in [0.15, 0.2) is 12.2 Å². The van der Waals surface area contributed by atoms with Gasteiger partial charge >= 0.3 is 5.97 Å². The largest absolute Gasteiger partial charge is 0.463 e.